The van der Waals surface area contributed by atoms with Crippen molar-refractivity contribution >= 4 is 13.3 Å². The van der Waals surface area contributed by atoms with E-state index in [1.807, 2.05) is 19.9 Å². The smallest absolute Gasteiger partial charge is 0.253 e. The Bertz CT molecular complexity index is 274. The lowest BCUT2D eigenvalue weighted by Gasteiger charge is -1.98. The summed E-state index contributed by atoms with van der Waals surface area (Å²) in [6, 6.07) is 5.32. The van der Waals surface area contributed by atoms with Crippen LogP contribution in [0.4, 0.5) is 0 Å². The first-order valence-electron chi connectivity index (χ1n) is 3.39. The number of rotatable bonds is 1. The quantitative estimate of drug-likeness (QED) is 0.591. The molecular weight excluding hydrogens is 159 g/mol. The summed E-state index contributed by atoms with van der Waals surface area (Å²) < 4.78 is 10.6. The molecule has 0 aliphatic carbocycles. The van der Waals surface area contributed by atoms with E-state index in [-0.39, 0.29) is 0 Å². The molecule has 0 amide bonds. The van der Waals surface area contributed by atoms with Gasteiger partial charge in [0.1, 0.15) is 0 Å². The van der Waals surface area contributed by atoms with E-state index >= 15 is 0 Å². The van der Waals surface area contributed by atoms with E-state index in [1.165, 1.54) is 0 Å². The highest BCUT2D eigenvalue weighted by atomic mass is 31.1. The SMILES string of the molecule is Cc1cc(C)cc([PH]([O])=O)c1. The van der Waals surface area contributed by atoms with Crippen molar-refractivity contribution in [3.63, 3.8) is 0 Å². The minimum atomic E-state index is -2.76. The molecule has 1 rings (SSSR count). The zero-order valence-corrected chi connectivity index (χ0v) is 7.55. The van der Waals surface area contributed by atoms with E-state index < -0.39 is 8.03 Å². The fourth-order valence-electron chi connectivity index (χ4n) is 1.09. The molecule has 59 valence electrons. The second kappa shape index (κ2) is 3.21. The van der Waals surface area contributed by atoms with Crippen LogP contribution in [0.2, 0.25) is 0 Å². The lowest BCUT2D eigenvalue weighted by molar-refractivity contribution is 0.444. The van der Waals surface area contributed by atoms with Crippen molar-refractivity contribution in [2.24, 2.45) is 0 Å². The van der Waals surface area contributed by atoms with Crippen LogP contribution in [-0.2, 0) is 9.46 Å². The van der Waals surface area contributed by atoms with Gasteiger partial charge in [0.2, 0.25) is 0 Å². The molecule has 0 heterocycles. The summed E-state index contributed by atoms with van der Waals surface area (Å²) in [5.74, 6) is 0. The Morgan fingerprint density at radius 3 is 1.91 bits per heavy atom. The summed E-state index contributed by atoms with van der Waals surface area (Å²) in [5, 5.41) is 0.438. The predicted octanol–water partition coefficient (Wildman–Crippen LogP) is 1.83. The summed E-state index contributed by atoms with van der Waals surface area (Å²) in [4.78, 5) is 10.6. The summed E-state index contributed by atoms with van der Waals surface area (Å²) in [6.07, 6.45) is 0. The number of aryl methyl sites for hydroxylation is 2. The number of hydrogen-bond acceptors (Lipinski definition) is 1. The van der Waals surface area contributed by atoms with Crippen LogP contribution >= 0.6 is 8.03 Å². The standard InChI is InChI=1S/C8H10O2P/c1-6-3-7(2)5-8(4-6)11(9)10/h3-5,11H,1-2H3. The van der Waals surface area contributed by atoms with Gasteiger partial charge in [-0.25, -0.2) is 0 Å². The molecule has 3 heteroatoms. The predicted molar refractivity (Wildman–Crippen MR) is 45.2 cm³/mol. The minimum Gasteiger partial charge on any atom is -0.288 e. The fraction of sp³-hybridized carbons (Fsp3) is 0.250. The first-order chi connectivity index (χ1) is 5.09. The Hall–Kier alpha value is -0.590. The van der Waals surface area contributed by atoms with E-state index in [0.29, 0.717) is 5.30 Å². The van der Waals surface area contributed by atoms with Gasteiger partial charge in [0, 0.05) is 5.30 Å². The molecule has 0 N–H and O–H groups in total. The fourth-order valence-corrected chi connectivity index (χ4v) is 1.78. The van der Waals surface area contributed by atoms with Crippen LogP contribution in [0.3, 0.4) is 0 Å². The molecule has 11 heavy (non-hydrogen) atoms. The molecule has 0 aliphatic heterocycles. The molecule has 0 fully saturated rings. The van der Waals surface area contributed by atoms with Crippen molar-refractivity contribution in [3.8, 4) is 0 Å². The zero-order valence-electron chi connectivity index (χ0n) is 6.55. The first-order valence-corrected chi connectivity index (χ1v) is 4.71. The van der Waals surface area contributed by atoms with Crippen LogP contribution in [0, 0.1) is 13.8 Å². The van der Waals surface area contributed by atoms with Crippen LogP contribution < -0.4 is 5.30 Å². The van der Waals surface area contributed by atoms with Gasteiger partial charge in [-0.3, -0.25) is 4.57 Å². The van der Waals surface area contributed by atoms with Gasteiger partial charge in [-0.15, -0.1) is 0 Å². The van der Waals surface area contributed by atoms with Gasteiger partial charge in [-0.1, -0.05) is 17.2 Å². The topological polar surface area (TPSA) is 37.0 Å². The summed E-state index contributed by atoms with van der Waals surface area (Å²) in [7, 11) is -2.76. The van der Waals surface area contributed by atoms with Gasteiger partial charge in [-0.05, 0) is 26.0 Å². The van der Waals surface area contributed by atoms with E-state index in [0.717, 1.165) is 11.1 Å². The third-order valence-corrected chi connectivity index (χ3v) is 2.22. The van der Waals surface area contributed by atoms with Gasteiger partial charge in [0.25, 0.3) is 8.03 Å². The molecule has 1 aromatic rings. The lowest BCUT2D eigenvalue weighted by Crippen LogP contribution is -1.96. The van der Waals surface area contributed by atoms with Gasteiger partial charge in [-0.2, -0.15) is 4.89 Å². The zero-order chi connectivity index (χ0) is 8.43. The van der Waals surface area contributed by atoms with Crippen molar-refractivity contribution in [2.45, 2.75) is 13.8 Å². The van der Waals surface area contributed by atoms with Crippen LogP contribution in [-0.4, -0.2) is 0 Å². The maximum absolute atomic E-state index is 10.6. The summed E-state index contributed by atoms with van der Waals surface area (Å²) in [5.41, 5.74) is 1.99. The van der Waals surface area contributed by atoms with Gasteiger partial charge in [0.05, 0.1) is 0 Å². The van der Waals surface area contributed by atoms with Crippen LogP contribution in [0.25, 0.3) is 0 Å². The van der Waals surface area contributed by atoms with Crippen molar-refractivity contribution in [1.29, 1.82) is 0 Å². The Morgan fingerprint density at radius 2 is 1.55 bits per heavy atom. The average Bonchev–Trinajstić information content (AvgIpc) is 1.85. The number of benzene rings is 1. The largest absolute Gasteiger partial charge is 0.288 e. The Labute approximate surface area is 66.7 Å². The second-order valence-corrected chi connectivity index (χ2v) is 3.82. The number of hydrogen-bond donors (Lipinski definition) is 0. The molecule has 0 bridgehead atoms. The maximum atomic E-state index is 10.6. The van der Waals surface area contributed by atoms with E-state index in [4.69, 9.17) is 0 Å². The third-order valence-electron chi connectivity index (χ3n) is 1.46. The molecule has 0 saturated heterocycles. The van der Waals surface area contributed by atoms with E-state index in [2.05, 4.69) is 0 Å². The molecule has 2 nitrogen and oxygen atoms in total. The Kier molecular flexibility index (Phi) is 2.48. The molecule has 0 aliphatic rings. The molecule has 0 aromatic heterocycles. The molecule has 1 aromatic carbocycles. The van der Waals surface area contributed by atoms with Gasteiger partial charge >= 0.3 is 0 Å². The maximum Gasteiger partial charge on any atom is 0.253 e. The van der Waals surface area contributed by atoms with Crippen molar-refractivity contribution < 1.29 is 9.46 Å². The Morgan fingerprint density at radius 1 is 1.09 bits per heavy atom. The van der Waals surface area contributed by atoms with Crippen molar-refractivity contribution in [1.82, 2.24) is 0 Å². The molecule has 1 unspecified atom stereocenters. The summed E-state index contributed by atoms with van der Waals surface area (Å²) >= 11 is 0. The average molecular weight is 169 g/mol. The van der Waals surface area contributed by atoms with Crippen molar-refractivity contribution in [3.05, 3.63) is 29.3 Å². The normalized spacial score (nSPS) is 13.0. The third kappa shape index (κ3) is 2.18. The van der Waals surface area contributed by atoms with Gasteiger partial charge < -0.3 is 0 Å². The molecular formula is C8H10O2P. The highest BCUT2D eigenvalue weighted by molar-refractivity contribution is 7.47. The van der Waals surface area contributed by atoms with Crippen molar-refractivity contribution in [2.75, 3.05) is 0 Å². The van der Waals surface area contributed by atoms with E-state index in [9.17, 15) is 9.46 Å². The van der Waals surface area contributed by atoms with Crippen LogP contribution in [0.5, 0.6) is 0 Å². The molecule has 1 radical (unpaired) electrons. The summed E-state index contributed by atoms with van der Waals surface area (Å²) in [6.45, 7) is 3.78. The van der Waals surface area contributed by atoms with Crippen LogP contribution in [0.15, 0.2) is 18.2 Å². The Balaban J connectivity index is 3.19. The first kappa shape index (κ1) is 8.51. The van der Waals surface area contributed by atoms with Gasteiger partial charge in [0.15, 0.2) is 0 Å². The molecule has 1 atom stereocenters. The molecule has 0 saturated carbocycles. The highest BCUT2D eigenvalue weighted by Gasteiger charge is 2.00. The second-order valence-electron chi connectivity index (χ2n) is 2.66. The van der Waals surface area contributed by atoms with Crippen LogP contribution in [0.1, 0.15) is 11.1 Å². The lowest BCUT2D eigenvalue weighted by atomic mass is 10.2. The highest BCUT2D eigenvalue weighted by Crippen LogP contribution is 2.15. The minimum absolute atomic E-state index is 0.438. The molecule has 0 spiro atoms. The monoisotopic (exact) mass is 169 g/mol. The van der Waals surface area contributed by atoms with E-state index in [1.54, 1.807) is 12.1 Å².